The zero-order chi connectivity index (χ0) is 8.43. The van der Waals surface area contributed by atoms with Gasteiger partial charge in [0.25, 0.3) is 0 Å². The fourth-order valence-corrected chi connectivity index (χ4v) is 2.51. The second-order valence-corrected chi connectivity index (χ2v) is 4.45. The lowest BCUT2D eigenvalue weighted by molar-refractivity contribution is 0.327. The molecular formula is C10H17Cl. The lowest BCUT2D eigenvalue weighted by Crippen LogP contribution is -2.24. The average molecular weight is 173 g/mol. The highest BCUT2D eigenvalue weighted by Crippen LogP contribution is 2.35. The van der Waals surface area contributed by atoms with Crippen LogP contribution in [-0.2, 0) is 0 Å². The van der Waals surface area contributed by atoms with Crippen molar-refractivity contribution in [1.82, 2.24) is 0 Å². The number of alkyl halides is 1. The molecule has 1 rings (SSSR count). The Balaban J connectivity index is 2.50. The van der Waals surface area contributed by atoms with Crippen LogP contribution in [0.5, 0.6) is 0 Å². The minimum Gasteiger partial charge on any atom is -0.122 e. The van der Waals surface area contributed by atoms with Crippen molar-refractivity contribution < 1.29 is 0 Å². The van der Waals surface area contributed by atoms with Gasteiger partial charge < -0.3 is 0 Å². The number of rotatable bonds is 1. The van der Waals surface area contributed by atoms with E-state index in [4.69, 9.17) is 11.6 Å². The van der Waals surface area contributed by atoms with Gasteiger partial charge in [-0.15, -0.1) is 11.6 Å². The fourth-order valence-electron chi connectivity index (χ4n) is 1.87. The van der Waals surface area contributed by atoms with Crippen LogP contribution in [0, 0.1) is 11.8 Å². The molecule has 0 aromatic rings. The Kier molecular flexibility index (Phi) is 3.00. The summed E-state index contributed by atoms with van der Waals surface area (Å²) in [6.07, 6.45) is 3.73. The van der Waals surface area contributed by atoms with Crippen LogP contribution in [0.1, 0.15) is 33.1 Å². The molecule has 1 saturated carbocycles. The van der Waals surface area contributed by atoms with Crippen LogP contribution in [0.4, 0.5) is 0 Å². The third kappa shape index (κ3) is 2.23. The van der Waals surface area contributed by atoms with Gasteiger partial charge in [-0.1, -0.05) is 25.5 Å². The molecule has 3 atom stereocenters. The number of halogens is 1. The van der Waals surface area contributed by atoms with E-state index in [-0.39, 0.29) is 0 Å². The van der Waals surface area contributed by atoms with E-state index in [2.05, 4.69) is 20.4 Å². The highest BCUT2D eigenvalue weighted by atomic mass is 35.5. The van der Waals surface area contributed by atoms with Crippen molar-refractivity contribution in [1.29, 1.82) is 0 Å². The van der Waals surface area contributed by atoms with E-state index < -0.39 is 0 Å². The summed E-state index contributed by atoms with van der Waals surface area (Å²) in [5.41, 5.74) is 1.26. The van der Waals surface area contributed by atoms with Crippen LogP contribution in [0.2, 0.25) is 0 Å². The van der Waals surface area contributed by atoms with Gasteiger partial charge in [-0.2, -0.15) is 0 Å². The largest absolute Gasteiger partial charge is 0.122 e. The first-order valence-electron chi connectivity index (χ1n) is 4.40. The molecule has 1 aliphatic carbocycles. The van der Waals surface area contributed by atoms with Crippen LogP contribution in [0.3, 0.4) is 0 Å². The molecule has 0 nitrogen and oxygen atoms in total. The number of hydrogen-bond donors (Lipinski definition) is 0. The van der Waals surface area contributed by atoms with Crippen LogP contribution in [0.15, 0.2) is 12.2 Å². The Bertz CT molecular complexity index is 151. The van der Waals surface area contributed by atoms with Gasteiger partial charge in [0.05, 0.1) is 0 Å². The summed E-state index contributed by atoms with van der Waals surface area (Å²) in [6, 6.07) is 0. The van der Waals surface area contributed by atoms with Gasteiger partial charge in [0.15, 0.2) is 0 Å². The van der Waals surface area contributed by atoms with Crippen molar-refractivity contribution in [2.45, 2.75) is 38.5 Å². The fraction of sp³-hybridized carbons (Fsp3) is 0.800. The van der Waals surface area contributed by atoms with Crippen LogP contribution < -0.4 is 0 Å². The molecule has 0 saturated heterocycles. The van der Waals surface area contributed by atoms with Gasteiger partial charge >= 0.3 is 0 Å². The van der Waals surface area contributed by atoms with E-state index in [1.165, 1.54) is 24.8 Å². The Morgan fingerprint density at radius 2 is 2.09 bits per heavy atom. The summed E-state index contributed by atoms with van der Waals surface area (Å²) in [6.45, 7) is 8.34. The Morgan fingerprint density at radius 3 is 2.55 bits per heavy atom. The zero-order valence-electron chi connectivity index (χ0n) is 7.44. The topological polar surface area (TPSA) is 0 Å². The van der Waals surface area contributed by atoms with E-state index in [1.807, 2.05) is 0 Å². The maximum atomic E-state index is 6.21. The summed E-state index contributed by atoms with van der Waals surface area (Å²) >= 11 is 6.21. The smallest absolute Gasteiger partial charge is 0.0403 e. The van der Waals surface area contributed by atoms with Crippen molar-refractivity contribution in [2.75, 3.05) is 0 Å². The number of hydrogen-bond acceptors (Lipinski definition) is 0. The monoisotopic (exact) mass is 172 g/mol. The van der Waals surface area contributed by atoms with Crippen molar-refractivity contribution in [3.05, 3.63) is 12.2 Å². The van der Waals surface area contributed by atoms with Gasteiger partial charge in [0.1, 0.15) is 0 Å². The van der Waals surface area contributed by atoms with E-state index in [0.717, 1.165) is 5.92 Å². The van der Waals surface area contributed by atoms with E-state index in [9.17, 15) is 0 Å². The van der Waals surface area contributed by atoms with Crippen LogP contribution in [0.25, 0.3) is 0 Å². The molecule has 0 aromatic heterocycles. The third-order valence-corrected chi connectivity index (χ3v) is 3.15. The molecule has 0 heterocycles. The second-order valence-electron chi connectivity index (χ2n) is 3.89. The average Bonchev–Trinajstić information content (AvgIpc) is 1.85. The van der Waals surface area contributed by atoms with Gasteiger partial charge in [0.2, 0.25) is 0 Å². The maximum absolute atomic E-state index is 6.21. The molecule has 1 fully saturated rings. The first kappa shape index (κ1) is 9.12. The van der Waals surface area contributed by atoms with E-state index >= 15 is 0 Å². The summed E-state index contributed by atoms with van der Waals surface area (Å²) < 4.78 is 0. The molecule has 0 aliphatic heterocycles. The maximum Gasteiger partial charge on any atom is 0.0403 e. The van der Waals surface area contributed by atoms with E-state index in [1.54, 1.807) is 0 Å². The molecular weight excluding hydrogens is 156 g/mol. The second kappa shape index (κ2) is 3.62. The molecule has 1 unspecified atom stereocenters. The number of allylic oxidation sites excluding steroid dienone is 1. The SMILES string of the molecule is C=C(C)[C@@H]1CC[C@@H](C)CC1Cl. The summed E-state index contributed by atoms with van der Waals surface area (Å²) in [5.74, 6) is 1.39. The molecule has 0 bridgehead atoms. The summed E-state index contributed by atoms with van der Waals surface area (Å²) in [4.78, 5) is 0. The minimum absolute atomic E-state index is 0.344. The first-order valence-corrected chi connectivity index (χ1v) is 4.84. The standard InChI is InChI=1S/C10H17Cl/c1-7(2)9-5-4-8(3)6-10(9)11/h8-10H,1,4-6H2,2-3H3/t8-,9+,10?/m1/s1. The molecule has 0 amide bonds. The van der Waals surface area contributed by atoms with Crippen molar-refractivity contribution in [3.8, 4) is 0 Å². The van der Waals surface area contributed by atoms with Crippen molar-refractivity contribution >= 4 is 11.6 Å². The minimum atomic E-state index is 0.344. The Hall–Kier alpha value is 0.0300. The van der Waals surface area contributed by atoms with Gasteiger partial charge in [-0.3, -0.25) is 0 Å². The van der Waals surface area contributed by atoms with Crippen LogP contribution in [-0.4, -0.2) is 5.38 Å². The highest BCUT2D eigenvalue weighted by molar-refractivity contribution is 6.21. The third-order valence-electron chi connectivity index (χ3n) is 2.67. The lowest BCUT2D eigenvalue weighted by atomic mass is 9.80. The predicted octanol–water partition coefficient (Wildman–Crippen LogP) is 3.61. The quantitative estimate of drug-likeness (QED) is 0.419. The highest BCUT2D eigenvalue weighted by Gasteiger charge is 2.26. The normalized spacial score (nSPS) is 38.6. The van der Waals surface area contributed by atoms with Crippen LogP contribution >= 0.6 is 11.6 Å². The zero-order valence-corrected chi connectivity index (χ0v) is 8.19. The lowest BCUT2D eigenvalue weighted by Gasteiger charge is -2.31. The Labute approximate surface area is 74.6 Å². The van der Waals surface area contributed by atoms with Crippen molar-refractivity contribution in [3.63, 3.8) is 0 Å². The van der Waals surface area contributed by atoms with Gasteiger partial charge in [-0.05, 0) is 31.6 Å². The first-order chi connectivity index (χ1) is 5.11. The molecule has 64 valence electrons. The van der Waals surface area contributed by atoms with Gasteiger partial charge in [0, 0.05) is 5.38 Å². The van der Waals surface area contributed by atoms with Crippen molar-refractivity contribution in [2.24, 2.45) is 11.8 Å². The molecule has 1 heteroatoms. The molecule has 1 aliphatic rings. The molecule has 0 spiro atoms. The molecule has 0 aromatic carbocycles. The molecule has 0 N–H and O–H groups in total. The predicted molar refractivity (Wildman–Crippen MR) is 51.0 cm³/mol. The van der Waals surface area contributed by atoms with E-state index in [0.29, 0.717) is 11.3 Å². The summed E-state index contributed by atoms with van der Waals surface area (Å²) in [5, 5.41) is 0.344. The summed E-state index contributed by atoms with van der Waals surface area (Å²) in [7, 11) is 0. The van der Waals surface area contributed by atoms with Gasteiger partial charge in [-0.25, -0.2) is 0 Å². The Morgan fingerprint density at radius 1 is 1.45 bits per heavy atom. The molecule has 0 radical (unpaired) electrons. The molecule has 11 heavy (non-hydrogen) atoms.